The van der Waals surface area contributed by atoms with Gasteiger partial charge in [0.15, 0.2) is 5.78 Å². The van der Waals surface area contributed by atoms with E-state index in [9.17, 15) is 23.1 Å². The number of rotatable bonds is 5. The van der Waals surface area contributed by atoms with E-state index in [2.05, 4.69) is 18.8 Å². The summed E-state index contributed by atoms with van der Waals surface area (Å²) in [5, 5.41) is 10.1. The zero-order chi connectivity index (χ0) is 19.7. The van der Waals surface area contributed by atoms with E-state index >= 15 is 0 Å². The molecule has 0 aromatic carbocycles. The third-order valence-corrected chi connectivity index (χ3v) is 5.09. The SMILES string of the molecule is CCC.CCC(CSc1ccc(C(F)(F)F)cn1)C1CC(=O)C=C(O)C1. The lowest BCUT2D eigenvalue weighted by atomic mass is 9.81. The first-order valence-corrected chi connectivity index (χ1v) is 9.78. The highest BCUT2D eigenvalue weighted by Crippen LogP contribution is 2.34. The Labute approximate surface area is 157 Å². The number of aliphatic hydroxyl groups excluding tert-OH is 1. The highest BCUT2D eigenvalue weighted by atomic mass is 32.2. The molecule has 0 saturated carbocycles. The smallest absolute Gasteiger partial charge is 0.417 e. The van der Waals surface area contributed by atoms with E-state index in [1.165, 1.54) is 30.3 Å². The maximum Gasteiger partial charge on any atom is 0.417 e. The second-order valence-electron chi connectivity index (χ2n) is 6.34. The van der Waals surface area contributed by atoms with Crippen molar-refractivity contribution in [2.75, 3.05) is 5.75 Å². The largest absolute Gasteiger partial charge is 0.512 e. The van der Waals surface area contributed by atoms with Crippen molar-refractivity contribution in [1.82, 2.24) is 4.98 Å². The van der Waals surface area contributed by atoms with Gasteiger partial charge in [0.05, 0.1) is 16.3 Å². The van der Waals surface area contributed by atoms with Gasteiger partial charge in [-0.3, -0.25) is 4.79 Å². The van der Waals surface area contributed by atoms with E-state index in [1.807, 2.05) is 6.92 Å². The topological polar surface area (TPSA) is 50.2 Å². The molecular weight excluding hydrogens is 363 g/mol. The number of aliphatic hydroxyl groups is 1. The van der Waals surface area contributed by atoms with Gasteiger partial charge in [0, 0.05) is 30.9 Å². The van der Waals surface area contributed by atoms with Crippen molar-refractivity contribution in [3.63, 3.8) is 0 Å². The number of carbonyl (C=O) groups is 1. The van der Waals surface area contributed by atoms with Gasteiger partial charge in [-0.25, -0.2) is 4.98 Å². The summed E-state index contributed by atoms with van der Waals surface area (Å²) >= 11 is 1.38. The van der Waals surface area contributed by atoms with Gasteiger partial charge in [-0.15, -0.1) is 11.8 Å². The number of hydrogen-bond donors (Lipinski definition) is 1. The van der Waals surface area contributed by atoms with Crippen molar-refractivity contribution in [2.45, 2.75) is 57.7 Å². The lowest BCUT2D eigenvalue weighted by Crippen LogP contribution is -2.23. The first-order chi connectivity index (χ1) is 12.2. The number of nitrogens with zero attached hydrogens (tertiary/aromatic N) is 1. The fourth-order valence-electron chi connectivity index (χ4n) is 2.65. The lowest BCUT2D eigenvalue weighted by Gasteiger charge is -2.27. The summed E-state index contributed by atoms with van der Waals surface area (Å²) in [6, 6.07) is 2.39. The van der Waals surface area contributed by atoms with Crippen molar-refractivity contribution in [3.05, 3.63) is 35.7 Å². The van der Waals surface area contributed by atoms with Gasteiger partial charge in [0.1, 0.15) is 0 Å². The molecule has 2 unspecified atom stereocenters. The van der Waals surface area contributed by atoms with Crippen LogP contribution in [0.15, 0.2) is 35.2 Å². The Morgan fingerprint density at radius 1 is 1.27 bits per heavy atom. The minimum Gasteiger partial charge on any atom is -0.512 e. The predicted octanol–water partition coefficient (Wildman–Crippen LogP) is 6.06. The fourth-order valence-corrected chi connectivity index (χ4v) is 3.83. The molecule has 1 aliphatic carbocycles. The number of thioether (sulfide) groups is 1. The zero-order valence-corrected chi connectivity index (χ0v) is 16.2. The molecular formula is C19H26F3NO2S. The lowest BCUT2D eigenvalue weighted by molar-refractivity contribution is -0.137. The number of carbonyl (C=O) groups excluding carboxylic acids is 1. The Bertz CT molecular complexity index is 600. The number of allylic oxidation sites excluding steroid dienone is 2. The standard InChI is InChI=1S/C16H18F3NO2S.C3H8/c1-2-10(11-5-13(21)7-14(22)6-11)9-23-15-4-3-12(8-20-15)16(17,18)19;1-3-2/h3-4,7-8,10-11,21H,2,5-6,9H2,1H3;3H2,1-2H3. The van der Waals surface area contributed by atoms with Crippen LogP contribution in [-0.4, -0.2) is 21.6 Å². The Morgan fingerprint density at radius 3 is 2.38 bits per heavy atom. The van der Waals surface area contributed by atoms with E-state index in [0.29, 0.717) is 23.6 Å². The second-order valence-corrected chi connectivity index (χ2v) is 7.38. The van der Waals surface area contributed by atoms with Crippen LogP contribution < -0.4 is 0 Å². The average molecular weight is 389 g/mol. The molecule has 1 aliphatic rings. The van der Waals surface area contributed by atoms with Gasteiger partial charge in [-0.2, -0.15) is 13.2 Å². The zero-order valence-electron chi connectivity index (χ0n) is 15.3. The summed E-state index contributed by atoms with van der Waals surface area (Å²) in [5.41, 5.74) is -0.762. The minimum atomic E-state index is -4.38. The Morgan fingerprint density at radius 2 is 1.92 bits per heavy atom. The van der Waals surface area contributed by atoms with Crippen molar-refractivity contribution >= 4 is 17.5 Å². The minimum absolute atomic E-state index is 0.0689. The van der Waals surface area contributed by atoms with Crippen LogP contribution in [0, 0.1) is 11.8 Å². The molecule has 0 amide bonds. The summed E-state index contributed by atoms with van der Waals surface area (Å²) in [4.78, 5) is 15.4. The van der Waals surface area contributed by atoms with Crippen molar-refractivity contribution in [2.24, 2.45) is 11.8 Å². The molecule has 26 heavy (non-hydrogen) atoms. The molecule has 1 aromatic heterocycles. The highest BCUT2D eigenvalue weighted by molar-refractivity contribution is 7.99. The van der Waals surface area contributed by atoms with Crippen LogP contribution in [0.2, 0.25) is 0 Å². The fraction of sp³-hybridized carbons (Fsp3) is 0.579. The first kappa shape index (κ1) is 22.5. The number of aromatic nitrogens is 1. The maximum absolute atomic E-state index is 12.5. The number of ketones is 1. The molecule has 2 rings (SSSR count). The number of alkyl halides is 3. The third-order valence-electron chi connectivity index (χ3n) is 3.96. The normalized spacial score (nSPS) is 18.6. The third kappa shape index (κ3) is 7.40. The van der Waals surface area contributed by atoms with Crippen LogP contribution in [0.1, 0.15) is 52.0 Å². The summed E-state index contributed by atoms with van der Waals surface area (Å²) in [5.74, 6) is 0.959. The van der Waals surface area contributed by atoms with Crippen LogP contribution in [-0.2, 0) is 11.0 Å². The van der Waals surface area contributed by atoms with Crippen molar-refractivity contribution in [3.8, 4) is 0 Å². The Kier molecular flexibility index (Phi) is 9.19. The Balaban J connectivity index is 0.00000105. The van der Waals surface area contributed by atoms with Gasteiger partial charge in [0.25, 0.3) is 0 Å². The summed E-state index contributed by atoms with van der Waals surface area (Å²) < 4.78 is 37.5. The molecule has 1 heterocycles. The van der Waals surface area contributed by atoms with Crippen LogP contribution in [0.5, 0.6) is 0 Å². The molecule has 1 aromatic rings. The molecule has 0 saturated heterocycles. The summed E-state index contributed by atoms with van der Waals surface area (Å²) in [6.45, 7) is 6.26. The molecule has 146 valence electrons. The van der Waals surface area contributed by atoms with Gasteiger partial charge in [-0.05, 0) is 24.0 Å². The number of hydrogen-bond acceptors (Lipinski definition) is 4. The average Bonchev–Trinajstić information content (AvgIpc) is 2.55. The molecule has 3 nitrogen and oxygen atoms in total. The monoisotopic (exact) mass is 389 g/mol. The molecule has 0 bridgehead atoms. The molecule has 2 atom stereocenters. The van der Waals surface area contributed by atoms with E-state index < -0.39 is 11.7 Å². The summed E-state index contributed by atoms with van der Waals surface area (Å²) in [6.07, 6.45) is 0.692. The van der Waals surface area contributed by atoms with Crippen LogP contribution in [0.3, 0.4) is 0 Å². The highest BCUT2D eigenvalue weighted by Gasteiger charge is 2.31. The predicted molar refractivity (Wildman–Crippen MR) is 98.2 cm³/mol. The summed E-state index contributed by atoms with van der Waals surface area (Å²) in [7, 11) is 0. The molecule has 0 radical (unpaired) electrons. The van der Waals surface area contributed by atoms with E-state index in [-0.39, 0.29) is 23.4 Å². The van der Waals surface area contributed by atoms with Crippen molar-refractivity contribution in [1.29, 1.82) is 0 Å². The molecule has 1 N–H and O–H groups in total. The van der Waals surface area contributed by atoms with Gasteiger partial charge in [0.2, 0.25) is 0 Å². The van der Waals surface area contributed by atoms with Gasteiger partial charge in [-0.1, -0.05) is 33.6 Å². The van der Waals surface area contributed by atoms with Crippen LogP contribution in [0.25, 0.3) is 0 Å². The number of halogens is 3. The van der Waals surface area contributed by atoms with Crippen LogP contribution in [0.4, 0.5) is 13.2 Å². The van der Waals surface area contributed by atoms with Gasteiger partial charge < -0.3 is 5.11 Å². The van der Waals surface area contributed by atoms with Crippen LogP contribution >= 0.6 is 11.8 Å². The quantitative estimate of drug-likeness (QED) is 0.622. The maximum atomic E-state index is 12.5. The molecule has 0 spiro atoms. The van der Waals surface area contributed by atoms with E-state index in [0.717, 1.165) is 18.7 Å². The second kappa shape index (κ2) is 10.6. The number of pyridine rings is 1. The first-order valence-electron chi connectivity index (χ1n) is 8.79. The Hall–Kier alpha value is -1.50. The van der Waals surface area contributed by atoms with E-state index in [4.69, 9.17) is 0 Å². The molecule has 7 heteroatoms. The van der Waals surface area contributed by atoms with Crippen molar-refractivity contribution < 1.29 is 23.1 Å². The molecule has 0 aliphatic heterocycles. The van der Waals surface area contributed by atoms with Gasteiger partial charge >= 0.3 is 6.18 Å². The molecule has 0 fully saturated rings. The van der Waals surface area contributed by atoms with E-state index in [1.54, 1.807) is 0 Å².